The van der Waals surface area contributed by atoms with Gasteiger partial charge in [0.1, 0.15) is 0 Å². The number of hydrogen-bond acceptors (Lipinski definition) is 4. The van der Waals surface area contributed by atoms with Crippen molar-refractivity contribution in [2.75, 3.05) is 4.90 Å². The second kappa shape index (κ2) is 14.0. The molecule has 0 saturated heterocycles. The van der Waals surface area contributed by atoms with Crippen LogP contribution in [-0.2, 0) is 0 Å². The lowest BCUT2D eigenvalue weighted by Gasteiger charge is -2.26. The van der Waals surface area contributed by atoms with Gasteiger partial charge in [0.25, 0.3) is 0 Å². The molecule has 5 nitrogen and oxygen atoms in total. The van der Waals surface area contributed by atoms with E-state index < -0.39 is 0 Å². The summed E-state index contributed by atoms with van der Waals surface area (Å²) >= 11 is 0. The van der Waals surface area contributed by atoms with Crippen molar-refractivity contribution in [3.05, 3.63) is 212 Å². The summed E-state index contributed by atoms with van der Waals surface area (Å²) in [4.78, 5) is 17.8. The van der Waals surface area contributed by atoms with Crippen molar-refractivity contribution in [1.29, 1.82) is 0 Å². The van der Waals surface area contributed by atoms with E-state index in [2.05, 4.69) is 204 Å². The summed E-state index contributed by atoms with van der Waals surface area (Å²) in [7, 11) is 0. The Labute approximate surface area is 335 Å². The highest BCUT2D eigenvalue weighted by Gasteiger charge is 2.19. The maximum atomic E-state index is 5.22. The molecule has 0 aliphatic carbocycles. The number of hydrogen-bond donors (Lipinski definition) is 0. The first-order chi connectivity index (χ1) is 28.7. The molecule has 0 aliphatic rings. The van der Waals surface area contributed by atoms with Crippen molar-refractivity contribution in [2.24, 2.45) is 0 Å². The summed E-state index contributed by atoms with van der Waals surface area (Å²) in [6.45, 7) is 0. The summed E-state index contributed by atoms with van der Waals surface area (Å²) in [6.07, 6.45) is 0. The van der Waals surface area contributed by atoms with Crippen molar-refractivity contribution in [3.8, 4) is 39.9 Å². The normalized spacial score (nSPS) is 11.4. The molecule has 272 valence electrons. The topological polar surface area (TPSA) is 46.8 Å². The number of rotatable bonds is 7. The summed E-state index contributed by atoms with van der Waals surface area (Å²) in [6, 6.07) is 74.7. The zero-order chi connectivity index (χ0) is 38.4. The maximum absolute atomic E-state index is 5.22. The molecule has 11 aromatic rings. The van der Waals surface area contributed by atoms with Crippen LogP contribution in [0.3, 0.4) is 0 Å². The lowest BCUT2D eigenvalue weighted by atomic mass is 10.0. The number of aromatic nitrogens is 4. The molecule has 0 saturated carbocycles. The third-order valence-corrected chi connectivity index (χ3v) is 11.0. The van der Waals surface area contributed by atoms with Crippen LogP contribution >= 0.6 is 0 Å². The molecule has 2 heterocycles. The van der Waals surface area contributed by atoms with E-state index in [0.717, 1.165) is 66.5 Å². The van der Waals surface area contributed by atoms with Crippen molar-refractivity contribution >= 4 is 60.4 Å². The van der Waals surface area contributed by atoms with Crippen molar-refractivity contribution in [2.45, 2.75) is 0 Å². The highest BCUT2D eigenvalue weighted by molar-refractivity contribution is 6.10. The molecule has 0 N–H and O–H groups in total. The minimum atomic E-state index is 0.574. The summed E-state index contributed by atoms with van der Waals surface area (Å²) in [5, 5.41) is 7.02. The largest absolute Gasteiger partial charge is 0.310 e. The molecule has 2 aromatic heterocycles. The van der Waals surface area contributed by atoms with Gasteiger partial charge in [0, 0.05) is 39.0 Å². The first-order valence-corrected chi connectivity index (χ1v) is 19.5. The van der Waals surface area contributed by atoms with Crippen molar-refractivity contribution in [1.82, 2.24) is 19.5 Å². The van der Waals surface area contributed by atoms with Crippen LogP contribution in [0.2, 0.25) is 0 Å². The van der Waals surface area contributed by atoms with Gasteiger partial charge >= 0.3 is 0 Å². The van der Waals surface area contributed by atoms with E-state index in [4.69, 9.17) is 15.0 Å². The fraction of sp³-hybridized carbons (Fsp3) is 0. The molecule has 0 radical (unpaired) electrons. The average molecular weight is 742 g/mol. The Morgan fingerprint density at radius 1 is 0.310 bits per heavy atom. The minimum absolute atomic E-state index is 0.574. The highest BCUT2D eigenvalue weighted by atomic mass is 15.2. The van der Waals surface area contributed by atoms with Crippen molar-refractivity contribution < 1.29 is 0 Å². The number of nitrogens with zero attached hydrogens (tertiary/aromatic N) is 5. The number of fused-ring (bicyclic) bond motifs is 5. The third-order valence-electron chi connectivity index (χ3n) is 11.0. The third kappa shape index (κ3) is 5.94. The van der Waals surface area contributed by atoms with E-state index in [1.807, 2.05) is 18.2 Å². The van der Waals surface area contributed by atoms with Gasteiger partial charge in [0.2, 0.25) is 5.95 Å². The van der Waals surface area contributed by atoms with E-state index in [1.165, 1.54) is 16.2 Å². The molecule has 0 unspecified atom stereocenters. The summed E-state index contributed by atoms with van der Waals surface area (Å²) < 4.78 is 2.19. The molecule has 5 heteroatoms. The predicted molar refractivity (Wildman–Crippen MR) is 240 cm³/mol. The zero-order valence-corrected chi connectivity index (χ0v) is 31.4. The SMILES string of the molecule is c1ccc(-c2nc(-c3ccc4ccccc4c3)nc(-n3c4ccccc4c4ccc(-c5ccc(N(c6ccccc6)c6ccc7ccccc7c6)cc5)cc43)n2)cc1. The van der Waals surface area contributed by atoms with Crippen LogP contribution in [0.4, 0.5) is 17.1 Å². The second-order valence-corrected chi connectivity index (χ2v) is 14.5. The predicted octanol–water partition coefficient (Wildman–Crippen LogP) is 13.7. The lowest BCUT2D eigenvalue weighted by molar-refractivity contribution is 0.954. The van der Waals surface area contributed by atoms with Gasteiger partial charge in [0.05, 0.1) is 11.0 Å². The van der Waals surface area contributed by atoms with Gasteiger partial charge in [-0.3, -0.25) is 4.57 Å². The van der Waals surface area contributed by atoms with Crippen LogP contribution in [0.1, 0.15) is 0 Å². The lowest BCUT2D eigenvalue weighted by Crippen LogP contribution is -2.09. The summed E-state index contributed by atoms with van der Waals surface area (Å²) in [5.41, 5.74) is 9.45. The standard InChI is InChI=1S/C53H35N5/c1-3-15-39(16-4-1)51-54-52(43-24-23-36-13-7-9-17-40(36)33-43)56-53(55-51)58-49-22-12-11-21-47(49)48-32-28-42(35-50(48)58)38-25-29-45(30-26-38)57(44-19-5-2-6-20-44)46-31-27-37-14-8-10-18-41(37)34-46/h1-35H. The van der Waals surface area contributed by atoms with Crippen LogP contribution < -0.4 is 4.90 Å². The Balaban J connectivity index is 1.05. The van der Waals surface area contributed by atoms with E-state index in [-0.39, 0.29) is 0 Å². The first-order valence-electron chi connectivity index (χ1n) is 19.5. The van der Waals surface area contributed by atoms with Crippen molar-refractivity contribution in [3.63, 3.8) is 0 Å². The molecular weight excluding hydrogens is 707 g/mol. The van der Waals surface area contributed by atoms with Gasteiger partial charge in [-0.1, -0.05) is 158 Å². The summed E-state index contributed by atoms with van der Waals surface area (Å²) in [5.74, 6) is 1.83. The Bertz CT molecular complexity index is 3280. The molecule has 0 bridgehead atoms. The van der Waals surface area contributed by atoms with Crippen LogP contribution in [0, 0.1) is 0 Å². The molecular formula is C53H35N5. The molecule has 0 amide bonds. The molecule has 0 fully saturated rings. The van der Waals surface area contributed by atoms with Gasteiger partial charge in [-0.25, -0.2) is 4.98 Å². The second-order valence-electron chi connectivity index (χ2n) is 14.5. The van der Waals surface area contributed by atoms with Crippen LogP contribution in [0.25, 0.3) is 83.2 Å². The monoisotopic (exact) mass is 741 g/mol. The van der Waals surface area contributed by atoms with Gasteiger partial charge in [-0.2, -0.15) is 9.97 Å². The highest BCUT2D eigenvalue weighted by Crippen LogP contribution is 2.39. The first kappa shape index (κ1) is 33.4. The number of benzene rings is 9. The van der Waals surface area contributed by atoms with E-state index in [1.54, 1.807) is 0 Å². The van der Waals surface area contributed by atoms with Gasteiger partial charge in [-0.05, 0) is 87.3 Å². The van der Waals surface area contributed by atoms with E-state index in [9.17, 15) is 0 Å². The Morgan fingerprint density at radius 3 is 1.60 bits per heavy atom. The van der Waals surface area contributed by atoms with Gasteiger partial charge in [0.15, 0.2) is 11.6 Å². The smallest absolute Gasteiger partial charge is 0.238 e. The van der Waals surface area contributed by atoms with E-state index >= 15 is 0 Å². The Hall–Kier alpha value is -7.89. The molecule has 9 aromatic carbocycles. The Kier molecular flexibility index (Phi) is 8.07. The zero-order valence-electron chi connectivity index (χ0n) is 31.4. The molecule has 0 spiro atoms. The van der Waals surface area contributed by atoms with Gasteiger partial charge in [-0.15, -0.1) is 0 Å². The molecule has 0 aliphatic heterocycles. The van der Waals surface area contributed by atoms with Crippen LogP contribution in [0.5, 0.6) is 0 Å². The molecule has 11 rings (SSSR count). The average Bonchev–Trinajstić information content (AvgIpc) is 3.63. The van der Waals surface area contributed by atoms with Gasteiger partial charge < -0.3 is 4.90 Å². The minimum Gasteiger partial charge on any atom is -0.310 e. The Morgan fingerprint density at radius 2 is 0.845 bits per heavy atom. The van der Waals surface area contributed by atoms with Crippen LogP contribution in [0.15, 0.2) is 212 Å². The fourth-order valence-corrected chi connectivity index (χ4v) is 8.15. The number of para-hydroxylation sites is 2. The van der Waals surface area contributed by atoms with Crippen LogP contribution in [-0.4, -0.2) is 19.5 Å². The van der Waals surface area contributed by atoms with E-state index in [0.29, 0.717) is 17.6 Å². The maximum Gasteiger partial charge on any atom is 0.238 e. The molecule has 58 heavy (non-hydrogen) atoms. The molecule has 0 atom stereocenters. The number of anilines is 3. The fourth-order valence-electron chi connectivity index (χ4n) is 8.15. The quantitative estimate of drug-likeness (QED) is 0.163.